The molecule has 0 amide bonds. The summed E-state index contributed by atoms with van der Waals surface area (Å²) in [6.45, 7) is 5.45. The first-order chi connectivity index (χ1) is 13.7. The molecule has 1 atom stereocenters. The van der Waals surface area contributed by atoms with Gasteiger partial charge in [-0.1, -0.05) is 35.9 Å². The van der Waals surface area contributed by atoms with Crippen molar-refractivity contribution in [3.63, 3.8) is 0 Å². The minimum Gasteiger partial charge on any atom is -0.375 e. The maximum atomic E-state index is 11.8. The Morgan fingerprint density at radius 1 is 1.20 bits per heavy atom. The van der Waals surface area contributed by atoms with Crippen molar-refractivity contribution in [2.75, 3.05) is 26.5 Å². The zero-order valence-corrected chi connectivity index (χ0v) is 21.5. The lowest BCUT2D eigenvalue weighted by molar-refractivity contribution is 0.106. The van der Waals surface area contributed by atoms with E-state index in [1.807, 2.05) is 37.3 Å². The molecule has 2 aromatic rings. The number of rotatable bonds is 8. The zero-order valence-electron chi connectivity index (χ0n) is 17.6. The van der Waals surface area contributed by atoms with Crippen LogP contribution in [0.25, 0.3) is 0 Å². The summed E-state index contributed by atoms with van der Waals surface area (Å²) in [4.78, 5) is 4.94. The van der Waals surface area contributed by atoms with Gasteiger partial charge in [-0.05, 0) is 48.7 Å². The monoisotopic (exact) mass is 565 g/mol. The topological polar surface area (TPSA) is 79.8 Å². The molecule has 2 rings (SSSR count). The van der Waals surface area contributed by atoms with Gasteiger partial charge in [0, 0.05) is 31.5 Å². The standard InChI is InChI=1S/C21H28ClN3O3S.HI/c1-5-23-21(25-14-19(28-3)17-7-6-8-18(22)12-17)24-13-16-9-10-20(15(2)11-16)29(4,26)27;/h6-12,19H,5,13-14H2,1-4H3,(H2,23,24,25);1H. The first-order valence-corrected chi connectivity index (χ1v) is 11.6. The number of nitrogens with zero attached hydrogens (tertiary/aromatic N) is 1. The van der Waals surface area contributed by atoms with Crippen molar-refractivity contribution in [3.8, 4) is 0 Å². The van der Waals surface area contributed by atoms with Gasteiger partial charge in [0.25, 0.3) is 0 Å². The Kier molecular flexibility index (Phi) is 11.1. The van der Waals surface area contributed by atoms with Gasteiger partial charge in [-0.2, -0.15) is 0 Å². The molecule has 0 fully saturated rings. The van der Waals surface area contributed by atoms with E-state index < -0.39 is 9.84 Å². The molecule has 2 N–H and O–H groups in total. The van der Waals surface area contributed by atoms with Gasteiger partial charge in [-0.25, -0.2) is 13.4 Å². The van der Waals surface area contributed by atoms with E-state index in [2.05, 4.69) is 15.6 Å². The number of halogens is 2. The predicted molar refractivity (Wildman–Crippen MR) is 134 cm³/mol. The second kappa shape index (κ2) is 12.5. The Balaban J connectivity index is 0.00000450. The van der Waals surface area contributed by atoms with Gasteiger partial charge < -0.3 is 15.4 Å². The van der Waals surface area contributed by atoms with Crippen LogP contribution >= 0.6 is 35.6 Å². The number of methoxy groups -OCH3 is 1. The van der Waals surface area contributed by atoms with E-state index in [1.165, 1.54) is 6.26 Å². The van der Waals surface area contributed by atoms with Gasteiger partial charge in [0.15, 0.2) is 15.8 Å². The molecule has 0 aliphatic carbocycles. The number of aryl methyl sites for hydroxylation is 1. The molecule has 0 aliphatic heterocycles. The van der Waals surface area contributed by atoms with Crippen LogP contribution in [0.5, 0.6) is 0 Å². The molecule has 1 unspecified atom stereocenters. The summed E-state index contributed by atoms with van der Waals surface area (Å²) in [7, 11) is -1.57. The van der Waals surface area contributed by atoms with Crippen molar-refractivity contribution in [2.45, 2.75) is 31.4 Å². The van der Waals surface area contributed by atoms with Crippen molar-refractivity contribution >= 4 is 51.4 Å². The Hall–Kier alpha value is -1.36. The lowest BCUT2D eigenvalue weighted by Gasteiger charge is -2.19. The maximum Gasteiger partial charge on any atom is 0.191 e. The van der Waals surface area contributed by atoms with Crippen LogP contribution in [0.2, 0.25) is 5.02 Å². The highest BCUT2D eigenvalue weighted by atomic mass is 127. The highest BCUT2D eigenvalue weighted by Gasteiger charge is 2.13. The number of hydrogen-bond donors (Lipinski definition) is 2. The Bertz CT molecular complexity index is 968. The molecule has 0 saturated carbocycles. The molecule has 0 heterocycles. The van der Waals surface area contributed by atoms with Gasteiger partial charge in [0.05, 0.1) is 17.5 Å². The molecule has 30 heavy (non-hydrogen) atoms. The Morgan fingerprint density at radius 2 is 1.93 bits per heavy atom. The second-order valence-corrected chi connectivity index (χ2v) is 9.15. The van der Waals surface area contributed by atoms with Crippen molar-refractivity contribution in [1.29, 1.82) is 0 Å². The lowest BCUT2D eigenvalue weighted by Crippen LogP contribution is -2.39. The molecular formula is C21H29ClIN3O3S. The van der Waals surface area contributed by atoms with E-state index in [9.17, 15) is 8.42 Å². The quantitative estimate of drug-likeness (QED) is 0.286. The van der Waals surface area contributed by atoms with Crippen molar-refractivity contribution < 1.29 is 13.2 Å². The maximum absolute atomic E-state index is 11.8. The molecule has 0 aromatic heterocycles. The third kappa shape index (κ3) is 8.05. The third-order valence-electron chi connectivity index (χ3n) is 4.36. The highest BCUT2D eigenvalue weighted by Crippen LogP contribution is 2.20. The summed E-state index contributed by atoms with van der Waals surface area (Å²) in [5.74, 6) is 0.654. The van der Waals surface area contributed by atoms with Crippen molar-refractivity contribution in [1.82, 2.24) is 10.6 Å². The summed E-state index contributed by atoms with van der Waals surface area (Å²) in [6.07, 6.45) is 1.04. The molecule has 0 radical (unpaired) electrons. The van der Waals surface area contributed by atoms with Crippen LogP contribution in [0.3, 0.4) is 0 Å². The van der Waals surface area contributed by atoms with Crippen LogP contribution in [0.15, 0.2) is 52.4 Å². The highest BCUT2D eigenvalue weighted by molar-refractivity contribution is 14.0. The van der Waals surface area contributed by atoms with E-state index >= 15 is 0 Å². The Labute approximate surface area is 201 Å². The molecule has 0 aliphatic rings. The van der Waals surface area contributed by atoms with Gasteiger partial charge >= 0.3 is 0 Å². The summed E-state index contributed by atoms with van der Waals surface area (Å²) in [6, 6.07) is 12.9. The molecular weight excluding hydrogens is 537 g/mol. The first-order valence-electron chi connectivity index (χ1n) is 9.34. The first kappa shape index (κ1) is 26.7. The van der Waals surface area contributed by atoms with Crippen molar-refractivity contribution in [3.05, 3.63) is 64.2 Å². The summed E-state index contributed by atoms with van der Waals surface area (Å²) < 4.78 is 29.1. The summed E-state index contributed by atoms with van der Waals surface area (Å²) in [5, 5.41) is 7.16. The van der Waals surface area contributed by atoms with Crippen LogP contribution in [0.1, 0.15) is 29.7 Å². The SMILES string of the molecule is CCNC(=NCc1ccc(S(C)(=O)=O)c(C)c1)NCC(OC)c1cccc(Cl)c1.I. The number of benzene rings is 2. The average Bonchev–Trinajstić information content (AvgIpc) is 2.65. The molecule has 0 spiro atoms. The summed E-state index contributed by atoms with van der Waals surface area (Å²) >= 11 is 6.08. The van der Waals surface area contributed by atoms with Crippen LogP contribution in [-0.2, 0) is 21.1 Å². The smallest absolute Gasteiger partial charge is 0.191 e. The molecule has 9 heteroatoms. The fraction of sp³-hybridized carbons (Fsp3) is 0.381. The van der Waals surface area contributed by atoms with Crippen LogP contribution < -0.4 is 10.6 Å². The number of ether oxygens (including phenoxy) is 1. The summed E-state index contributed by atoms with van der Waals surface area (Å²) in [5.41, 5.74) is 2.64. The van der Waals surface area contributed by atoms with Gasteiger partial charge in [0.2, 0.25) is 0 Å². The van der Waals surface area contributed by atoms with Gasteiger partial charge in [-0.15, -0.1) is 24.0 Å². The number of hydrogen-bond acceptors (Lipinski definition) is 4. The number of sulfone groups is 1. The molecule has 2 aromatic carbocycles. The average molecular weight is 566 g/mol. The van der Waals surface area contributed by atoms with Crippen molar-refractivity contribution in [2.24, 2.45) is 4.99 Å². The molecule has 0 bridgehead atoms. The van der Waals surface area contributed by atoms with E-state index in [0.717, 1.165) is 16.7 Å². The van der Waals surface area contributed by atoms with Crippen LogP contribution in [-0.4, -0.2) is 40.8 Å². The normalized spacial score (nSPS) is 12.8. The fourth-order valence-electron chi connectivity index (χ4n) is 2.97. The van der Waals surface area contributed by atoms with E-state index in [4.69, 9.17) is 16.3 Å². The Morgan fingerprint density at radius 3 is 2.50 bits per heavy atom. The third-order valence-corrected chi connectivity index (χ3v) is 5.85. The predicted octanol–water partition coefficient (Wildman–Crippen LogP) is 4.11. The molecule has 166 valence electrons. The van der Waals surface area contributed by atoms with Crippen LogP contribution in [0, 0.1) is 6.92 Å². The number of aliphatic imine (C=N–C) groups is 1. The van der Waals surface area contributed by atoms with Gasteiger partial charge in [-0.3, -0.25) is 0 Å². The number of nitrogens with one attached hydrogen (secondary N) is 2. The molecule has 0 saturated heterocycles. The lowest BCUT2D eigenvalue weighted by atomic mass is 10.1. The van der Waals surface area contributed by atoms with Crippen LogP contribution in [0.4, 0.5) is 0 Å². The number of guanidine groups is 1. The second-order valence-electron chi connectivity index (χ2n) is 6.73. The molecule has 6 nitrogen and oxygen atoms in total. The minimum absolute atomic E-state index is 0. The minimum atomic E-state index is -3.22. The largest absolute Gasteiger partial charge is 0.375 e. The van der Waals surface area contributed by atoms with E-state index in [-0.39, 0.29) is 30.1 Å². The zero-order chi connectivity index (χ0) is 21.4. The van der Waals surface area contributed by atoms with Gasteiger partial charge in [0.1, 0.15) is 0 Å². The van der Waals surface area contributed by atoms with E-state index in [0.29, 0.717) is 35.5 Å². The van der Waals surface area contributed by atoms with E-state index in [1.54, 1.807) is 26.2 Å². The fourth-order valence-corrected chi connectivity index (χ4v) is 4.13.